The molecule has 1 aromatic rings. The van der Waals surface area contributed by atoms with Crippen molar-refractivity contribution in [2.75, 3.05) is 18.0 Å². The molecule has 1 fully saturated rings. The van der Waals surface area contributed by atoms with Gasteiger partial charge in [-0.25, -0.2) is 4.98 Å². The van der Waals surface area contributed by atoms with Crippen molar-refractivity contribution in [3.05, 3.63) is 22.1 Å². The third-order valence-electron chi connectivity index (χ3n) is 3.22. The lowest BCUT2D eigenvalue weighted by molar-refractivity contribution is -0.141. The zero-order chi connectivity index (χ0) is 14.2. The van der Waals surface area contributed by atoms with Crippen molar-refractivity contribution in [1.29, 1.82) is 0 Å². The number of hydrogen-bond acceptors (Lipinski definition) is 4. The number of nitrogens with two attached hydrogens (primary N) is 1. The fraction of sp³-hybridized carbons (Fsp3) is 0.636. The van der Waals surface area contributed by atoms with Gasteiger partial charge in [0.05, 0.1) is 0 Å². The summed E-state index contributed by atoms with van der Waals surface area (Å²) in [7, 11) is 1.42. The summed E-state index contributed by atoms with van der Waals surface area (Å²) in [4.78, 5) is 16.8. The average Bonchev–Trinajstić information content (AvgIpc) is 2.32. The molecule has 1 saturated heterocycles. The topological polar surface area (TPSA) is 64.2 Å². The number of aromatic nitrogens is 2. The first-order valence-corrected chi connectivity index (χ1v) is 5.95. The molecular formula is C11H15F3N4O. The van der Waals surface area contributed by atoms with Crippen molar-refractivity contribution in [1.82, 2.24) is 9.55 Å². The molecule has 0 unspecified atom stereocenters. The first-order chi connectivity index (χ1) is 8.79. The van der Waals surface area contributed by atoms with Crippen LogP contribution in [-0.2, 0) is 13.2 Å². The van der Waals surface area contributed by atoms with Gasteiger partial charge in [0.25, 0.3) is 5.56 Å². The second-order valence-corrected chi connectivity index (χ2v) is 4.66. The van der Waals surface area contributed by atoms with Crippen molar-refractivity contribution >= 4 is 5.95 Å². The molecule has 0 amide bonds. The van der Waals surface area contributed by atoms with E-state index in [1.54, 1.807) is 4.90 Å². The maximum atomic E-state index is 12.7. The summed E-state index contributed by atoms with van der Waals surface area (Å²) in [5.74, 6) is 0.0479. The summed E-state index contributed by atoms with van der Waals surface area (Å²) in [6.45, 7) is 1.01. The molecule has 19 heavy (non-hydrogen) atoms. The Morgan fingerprint density at radius 2 is 1.95 bits per heavy atom. The van der Waals surface area contributed by atoms with Gasteiger partial charge in [-0.3, -0.25) is 9.36 Å². The van der Waals surface area contributed by atoms with E-state index >= 15 is 0 Å². The first kappa shape index (κ1) is 13.9. The van der Waals surface area contributed by atoms with Gasteiger partial charge in [-0.05, 0) is 12.8 Å². The molecule has 2 rings (SSSR count). The smallest absolute Gasteiger partial charge is 0.342 e. The van der Waals surface area contributed by atoms with Crippen LogP contribution in [0, 0.1) is 0 Å². The van der Waals surface area contributed by atoms with Crippen LogP contribution in [0.25, 0.3) is 0 Å². The van der Waals surface area contributed by atoms with E-state index in [0.29, 0.717) is 32.0 Å². The summed E-state index contributed by atoms with van der Waals surface area (Å²) < 4.78 is 39.1. The molecule has 1 aromatic heterocycles. The van der Waals surface area contributed by atoms with Crippen LogP contribution in [-0.4, -0.2) is 28.7 Å². The zero-order valence-corrected chi connectivity index (χ0v) is 10.4. The minimum Gasteiger partial charge on any atom is -0.342 e. The van der Waals surface area contributed by atoms with Crippen molar-refractivity contribution in [3.63, 3.8) is 0 Å². The molecule has 0 radical (unpaired) electrons. The number of hydrogen-bond donors (Lipinski definition) is 1. The lowest BCUT2D eigenvalue weighted by Gasteiger charge is -2.32. The van der Waals surface area contributed by atoms with E-state index in [1.807, 2.05) is 0 Å². The summed E-state index contributed by atoms with van der Waals surface area (Å²) in [5.41, 5.74) is 3.88. The standard InChI is InChI=1S/C11H15F3N4O/c1-17-9(19)6-8(11(12,13)14)16-10(17)18-4-2-7(15)3-5-18/h6-7H,2-5,15H2,1H3. The quantitative estimate of drug-likeness (QED) is 0.821. The van der Waals surface area contributed by atoms with Gasteiger partial charge >= 0.3 is 6.18 Å². The Bertz CT molecular complexity index is 518. The number of nitrogens with zero attached hydrogens (tertiary/aromatic N) is 3. The normalized spacial score (nSPS) is 17.8. The Morgan fingerprint density at radius 3 is 2.47 bits per heavy atom. The molecule has 8 heteroatoms. The van der Waals surface area contributed by atoms with Gasteiger partial charge in [0.15, 0.2) is 5.69 Å². The van der Waals surface area contributed by atoms with E-state index in [0.717, 1.165) is 4.57 Å². The summed E-state index contributed by atoms with van der Waals surface area (Å²) >= 11 is 0. The van der Waals surface area contributed by atoms with Gasteiger partial charge in [-0.1, -0.05) is 0 Å². The highest BCUT2D eigenvalue weighted by atomic mass is 19.4. The molecule has 0 aliphatic carbocycles. The molecule has 0 atom stereocenters. The highest BCUT2D eigenvalue weighted by Crippen LogP contribution is 2.28. The van der Waals surface area contributed by atoms with Crippen molar-refractivity contribution < 1.29 is 13.2 Å². The summed E-state index contributed by atoms with van der Waals surface area (Å²) in [6, 6.07) is 0.568. The second kappa shape index (κ2) is 4.84. The third-order valence-corrected chi connectivity index (χ3v) is 3.22. The molecule has 106 valence electrons. The van der Waals surface area contributed by atoms with E-state index in [9.17, 15) is 18.0 Å². The monoisotopic (exact) mass is 276 g/mol. The number of rotatable bonds is 1. The maximum Gasteiger partial charge on any atom is 0.433 e. The molecule has 1 aliphatic rings. The van der Waals surface area contributed by atoms with Crippen molar-refractivity contribution in [3.8, 4) is 0 Å². The Balaban J connectivity index is 2.39. The molecule has 1 aliphatic heterocycles. The molecule has 0 saturated carbocycles. The van der Waals surface area contributed by atoms with Crippen LogP contribution < -0.4 is 16.2 Å². The number of anilines is 1. The largest absolute Gasteiger partial charge is 0.433 e. The molecule has 5 nitrogen and oxygen atoms in total. The van der Waals surface area contributed by atoms with Crippen LogP contribution in [0.5, 0.6) is 0 Å². The number of halogens is 3. The first-order valence-electron chi connectivity index (χ1n) is 5.95. The van der Waals surface area contributed by atoms with Crippen LogP contribution in [0.3, 0.4) is 0 Å². The van der Waals surface area contributed by atoms with Gasteiger partial charge < -0.3 is 10.6 Å². The molecule has 2 heterocycles. The Hall–Kier alpha value is -1.57. The number of piperidine rings is 1. The SMILES string of the molecule is Cn1c(N2CCC(N)CC2)nc(C(F)(F)F)cc1=O. The van der Waals surface area contributed by atoms with Crippen LogP contribution >= 0.6 is 0 Å². The number of alkyl halides is 3. The highest BCUT2D eigenvalue weighted by molar-refractivity contribution is 5.33. The van der Waals surface area contributed by atoms with Gasteiger partial charge in [0, 0.05) is 32.2 Å². The van der Waals surface area contributed by atoms with Crippen LogP contribution in [0.1, 0.15) is 18.5 Å². The van der Waals surface area contributed by atoms with Gasteiger partial charge in [0.1, 0.15) is 0 Å². The van der Waals surface area contributed by atoms with E-state index in [4.69, 9.17) is 5.73 Å². The van der Waals surface area contributed by atoms with Crippen LogP contribution in [0.4, 0.5) is 19.1 Å². The van der Waals surface area contributed by atoms with Crippen LogP contribution in [0.2, 0.25) is 0 Å². The molecule has 0 spiro atoms. The van der Waals surface area contributed by atoms with Gasteiger partial charge in [-0.2, -0.15) is 13.2 Å². The van der Waals surface area contributed by atoms with E-state index in [2.05, 4.69) is 4.98 Å². The Kier molecular flexibility index (Phi) is 3.53. The summed E-state index contributed by atoms with van der Waals surface area (Å²) in [5, 5.41) is 0. The van der Waals surface area contributed by atoms with Crippen LogP contribution in [0.15, 0.2) is 10.9 Å². The van der Waals surface area contributed by atoms with E-state index in [-0.39, 0.29) is 12.0 Å². The minimum atomic E-state index is -4.62. The maximum absolute atomic E-state index is 12.7. The Morgan fingerprint density at radius 1 is 1.37 bits per heavy atom. The van der Waals surface area contributed by atoms with E-state index < -0.39 is 17.4 Å². The molecule has 0 bridgehead atoms. The second-order valence-electron chi connectivity index (χ2n) is 4.66. The van der Waals surface area contributed by atoms with Crippen molar-refractivity contribution in [2.45, 2.75) is 25.1 Å². The zero-order valence-electron chi connectivity index (χ0n) is 10.4. The average molecular weight is 276 g/mol. The predicted molar refractivity (Wildman–Crippen MR) is 63.9 cm³/mol. The third kappa shape index (κ3) is 2.89. The Labute approximate surface area is 107 Å². The fourth-order valence-electron chi connectivity index (χ4n) is 2.05. The molecule has 0 aromatic carbocycles. The lowest BCUT2D eigenvalue weighted by Crippen LogP contribution is -2.42. The summed E-state index contributed by atoms with van der Waals surface area (Å²) in [6.07, 6.45) is -3.27. The molecule has 2 N–H and O–H groups in total. The van der Waals surface area contributed by atoms with Gasteiger partial charge in [0.2, 0.25) is 5.95 Å². The highest BCUT2D eigenvalue weighted by Gasteiger charge is 2.34. The lowest BCUT2D eigenvalue weighted by atomic mass is 10.1. The molecular weight excluding hydrogens is 261 g/mol. The minimum absolute atomic E-state index is 0.0479. The van der Waals surface area contributed by atoms with Crippen molar-refractivity contribution in [2.24, 2.45) is 12.8 Å². The predicted octanol–water partition coefficient (Wildman–Crippen LogP) is 0.727. The fourth-order valence-corrected chi connectivity index (χ4v) is 2.05. The van der Waals surface area contributed by atoms with Gasteiger partial charge in [-0.15, -0.1) is 0 Å². The van der Waals surface area contributed by atoms with E-state index in [1.165, 1.54) is 7.05 Å².